The van der Waals surface area contributed by atoms with Gasteiger partial charge in [0.15, 0.2) is 15.6 Å². The number of carbonyl (C=O) groups excluding carboxylic acids is 2. The van der Waals surface area contributed by atoms with E-state index >= 15 is 0 Å². The molecule has 1 unspecified atom stereocenters. The molecule has 0 bridgehead atoms. The topological polar surface area (TPSA) is 128 Å². The molecule has 8 nitrogen and oxygen atoms in total. The minimum absolute atomic E-state index is 0.0996. The number of amides is 1. The summed E-state index contributed by atoms with van der Waals surface area (Å²) in [4.78, 5) is 26.2. The molecule has 1 heterocycles. The van der Waals surface area contributed by atoms with Crippen molar-refractivity contribution >= 4 is 21.5 Å². The normalized spacial score (nSPS) is 18.3. The fraction of sp³-hybridized carbons (Fsp3) is 0.429. The maximum absolute atomic E-state index is 13.1. The predicted molar refractivity (Wildman–Crippen MR) is 143 cm³/mol. The van der Waals surface area contributed by atoms with E-state index in [1.54, 1.807) is 32.0 Å². The molecule has 1 aliphatic rings. The van der Waals surface area contributed by atoms with Gasteiger partial charge in [-0.15, -0.1) is 0 Å². The highest BCUT2D eigenvalue weighted by molar-refractivity contribution is 7.94. The number of carbonyl (C=O) groups is 2. The van der Waals surface area contributed by atoms with Crippen molar-refractivity contribution in [2.45, 2.75) is 56.2 Å². The summed E-state index contributed by atoms with van der Waals surface area (Å²) < 4.78 is 31.1. The van der Waals surface area contributed by atoms with Gasteiger partial charge in [0.25, 0.3) is 0 Å². The van der Waals surface area contributed by atoms with Gasteiger partial charge in [-0.1, -0.05) is 68.5 Å². The van der Waals surface area contributed by atoms with Gasteiger partial charge in [-0.2, -0.15) is 0 Å². The van der Waals surface area contributed by atoms with Crippen LogP contribution in [0.15, 0.2) is 77.0 Å². The molecule has 2 aromatic rings. The molecular weight excluding hydrogens is 490 g/mol. The van der Waals surface area contributed by atoms with Gasteiger partial charge >= 0.3 is 0 Å². The molecule has 1 amide bonds. The first kappa shape index (κ1) is 28.7. The fourth-order valence-corrected chi connectivity index (χ4v) is 5.36. The third kappa shape index (κ3) is 8.60. The van der Waals surface area contributed by atoms with Crippen molar-refractivity contribution in [2.75, 3.05) is 19.7 Å². The van der Waals surface area contributed by atoms with Crippen LogP contribution in [-0.2, 0) is 30.6 Å². The van der Waals surface area contributed by atoms with Crippen LogP contribution in [0.1, 0.15) is 32.3 Å². The van der Waals surface area contributed by atoms with E-state index in [0.29, 0.717) is 32.5 Å². The molecule has 0 radical (unpaired) electrons. The molecule has 3 atom stereocenters. The highest BCUT2D eigenvalue weighted by Gasteiger charge is 2.37. The second-order valence-electron chi connectivity index (χ2n) is 9.95. The molecule has 0 saturated carbocycles. The Bertz CT molecular complexity index is 1160. The number of ether oxygens (including phenoxy) is 1. The van der Waals surface area contributed by atoms with Gasteiger partial charge in [0.2, 0.25) is 5.91 Å². The van der Waals surface area contributed by atoms with Crippen LogP contribution in [0.25, 0.3) is 0 Å². The molecule has 0 aromatic heterocycles. The summed E-state index contributed by atoms with van der Waals surface area (Å²) in [6, 6.07) is 16.3. The van der Waals surface area contributed by atoms with Gasteiger partial charge < -0.3 is 21.1 Å². The monoisotopic (exact) mass is 527 g/mol. The number of hydrogen-bond acceptors (Lipinski definition) is 7. The Kier molecular flexibility index (Phi) is 10.2. The highest BCUT2D eigenvalue weighted by Crippen LogP contribution is 2.26. The summed E-state index contributed by atoms with van der Waals surface area (Å²) >= 11 is 0. The Morgan fingerprint density at radius 3 is 2.41 bits per heavy atom. The number of Topliss-reactive ketones (excluding diaryl/α,β-unsaturated/α-hetero) is 1. The van der Waals surface area contributed by atoms with E-state index in [1.165, 1.54) is 18.2 Å². The zero-order valence-electron chi connectivity index (χ0n) is 21.4. The van der Waals surface area contributed by atoms with Crippen LogP contribution in [-0.4, -0.2) is 58.0 Å². The predicted octanol–water partition coefficient (Wildman–Crippen LogP) is 2.39. The van der Waals surface area contributed by atoms with Crippen LogP contribution < -0.4 is 16.4 Å². The smallest absolute Gasteiger partial charge is 0.237 e. The van der Waals surface area contributed by atoms with E-state index in [9.17, 15) is 18.0 Å². The first-order valence-electron chi connectivity index (χ1n) is 12.5. The highest BCUT2D eigenvalue weighted by atomic mass is 32.2. The van der Waals surface area contributed by atoms with E-state index in [2.05, 4.69) is 10.6 Å². The number of morpholine rings is 1. The van der Waals surface area contributed by atoms with Crippen LogP contribution in [0.3, 0.4) is 0 Å². The number of nitrogens with two attached hydrogens (primary N) is 1. The Morgan fingerprint density at radius 1 is 1.14 bits per heavy atom. The van der Waals surface area contributed by atoms with Crippen molar-refractivity contribution in [1.29, 1.82) is 0 Å². The van der Waals surface area contributed by atoms with E-state index in [-0.39, 0.29) is 17.1 Å². The first-order valence-corrected chi connectivity index (χ1v) is 14.1. The van der Waals surface area contributed by atoms with Gasteiger partial charge in [0.05, 0.1) is 17.5 Å². The molecule has 1 saturated heterocycles. The van der Waals surface area contributed by atoms with Crippen LogP contribution in [0.4, 0.5) is 0 Å². The quantitative estimate of drug-likeness (QED) is 0.387. The summed E-state index contributed by atoms with van der Waals surface area (Å²) in [5.41, 5.74) is 6.44. The maximum atomic E-state index is 13.1. The lowest BCUT2D eigenvalue weighted by Crippen LogP contribution is -2.51. The third-order valence-corrected chi connectivity index (χ3v) is 7.87. The van der Waals surface area contributed by atoms with Crippen molar-refractivity contribution in [3.8, 4) is 0 Å². The summed E-state index contributed by atoms with van der Waals surface area (Å²) in [6.07, 6.45) is 2.17. The minimum Gasteiger partial charge on any atom is -0.368 e. The number of aryl methyl sites for hydroxylation is 1. The van der Waals surface area contributed by atoms with E-state index in [4.69, 9.17) is 10.5 Å². The average Bonchev–Trinajstić information content (AvgIpc) is 2.91. The number of benzene rings is 2. The summed E-state index contributed by atoms with van der Waals surface area (Å²) in [6.45, 7) is 5.12. The maximum Gasteiger partial charge on any atom is 0.237 e. The molecule has 4 N–H and O–H groups in total. The molecule has 3 rings (SSSR count). The SMILES string of the molecule is CC(C)(C[C@H](N)C(=O)N[C@H](C=CS(=O)(=O)c1ccccc1)CCc1ccccc1)C(=O)C1CNCCO1. The molecule has 0 aliphatic carbocycles. The number of sulfone groups is 1. The van der Waals surface area contributed by atoms with E-state index < -0.39 is 39.3 Å². The number of nitrogens with one attached hydrogen (secondary N) is 2. The number of ketones is 1. The van der Waals surface area contributed by atoms with E-state index in [1.807, 2.05) is 30.3 Å². The molecule has 37 heavy (non-hydrogen) atoms. The lowest BCUT2D eigenvalue weighted by molar-refractivity contribution is -0.141. The molecule has 1 aliphatic heterocycles. The first-order chi connectivity index (χ1) is 17.6. The Labute approximate surface area is 219 Å². The van der Waals surface area contributed by atoms with Crippen molar-refractivity contribution in [1.82, 2.24) is 10.6 Å². The summed E-state index contributed by atoms with van der Waals surface area (Å²) in [7, 11) is -3.67. The Morgan fingerprint density at radius 2 is 1.78 bits per heavy atom. The zero-order valence-corrected chi connectivity index (χ0v) is 22.2. The third-order valence-electron chi connectivity index (χ3n) is 6.43. The molecule has 9 heteroatoms. The van der Waals surface area contributed by atoms with Gasteiger partial charge in [-0.05, 0) is 37.0 Å². The van der Waals surface area contributed by atoms with Gasteiger partial charge in [0, 0.05) is 30.0 Å². The standard InChI is InChI=1S/C28H37N3O5S/c1-28(2,26(32)25-20-30-16-17-36-25)19-24(29)27(33)31-22(14-13-21-9-5-3-6-10-21)15-18-37(34,35)23-11-7-4-8-12-23/h3-12,15,18,22,24-25,30H,13-14,16-17,19-20,29H2,1-2H3,(H,31,33)/t22-,24-,25?/m0/s1. The van der Waals surface area contributed by atoms with Crippen molar-refractivity contribution in [3.63, 3.8) is 0 Å². The largest absolute Gasteiger partial charge is 0.368 e. The van der Waals surface area contributed by atoms with Crippen molar-refractivity contribution in [3.05, 3.63) is 77.7 Å². The Balaban J connectivity index is 1.69. The summed E-state index contributed by atoms with van der Waals surface area (Å²) in [5.74, 6) is -0.541. The molecule has 2 aromatic carbocycles. The van der Waals surface area contributed by atoms with E-state index in [0.717, 1.165) is 11.0 Å². The van der Waals surface area contributed by atoms with Crippen LogP contribution in [0.2, 0.25) is 0 Å². The van der Waals surface area contributed by atoms with Crippen LogP contribution in [0, 0.1) is 5.41 Å². The molecular formula is C28H37N3O5S. The lowest BCUT2D eigenvalue weighted by atomic mass is 9.79. The average molecular weight is 528 g/mol. The Hall–Kier alpha value is -2.85. The second kappa shape index (κ2) is 13.1. The number of hydrogen-bond donors (Lipinski definition) is 3. The van der Waals surface area contributed by atoms with Gasteiger partial charge in [-0.3, -0.25) is 9.59 Å². The molecule has 1 fully saturated rings. The van der Waals surface area contributed by atoms with Crippen molar-refractivity contribution in [2.24, 2.45) is 11.1 Å². The fourth-order valence-electron chi connectivity index (χ4n) is 4.27. The van der Waals surface area contributed by atoms with Gasteiger partial charge in [0.1, 0.15) is 6.10 Å². The van der Waals surface area contributed by atoms with Crippen molar-refractivity contribution < 1.29 is 22.7 Å². The van der Waals surface area contributed by atoms with Gasteiger partial charge in [-0.25, -0.2) is 8.42 Å². The second-order valence-corrected chi connectivity index (χ2v) is 11.8. The number of rotatable bonds is 12. The van der Waals surface area contributed by atoms with Crippen LogP contribution >= 0.6 is 0 Å². The summed E-state index contributed by atoms with van der Waals surface area (Å²) in [5, 5.41) is 7.15. The van der Waals surface area contributed by atoms with Crippen LogP contribution in [0.5, 0.6) is 0 Å². The minimum atomic E-state index is -3.67. The molecule has 0 spiro atoms. The molecule has 200 valence electrons. The lowest BCUT2D eigenvalue weighted by Gasteiger charge is -2.32. The zero-order chi connectivity index (χ0) is 26.9.